The van der Waals surface area contributed by atoms with E-state index in [2.05, 4.69) is 13.8 Å². The van der Waals surface area contributed by atoms with Gasteiger partial charge in [-0.2, -0.15) is 0 Å². The molecule has 3 heteroatoms. The summed E-state index contributed by atoms with van der Waals surface area (Å²) in [6.07, 6.45) is 3.27. The Morgan fingerprint density at radius 2 is 1.38 bits per heavy atom. The Bertz CT molecular complexity index is 150. The fourth-order valence-electron chi connectivity index (χ4n) is 1.83. The summed E-state index contributed by atoms with van der Waals surface area (Å²) in [6.45, 7) is 9.00. The van der Waals surface area contributed by atoms with Crippen molar-refractivity contribution in [2.75, 3.05) is 13.2 Å². The van der Waals surface area contributed by atoms with Gasteiger partial charge >= 0.3 is 0 Å². The fourth-order valence-corrected chi connectivity index (χ4v) is 1.83. The van der Waals surface area contributed by atoms with Gasteiger partial charge in [-0.25, -0.2) is 0 Å². The van der Waals surface area contributed by atoms with E-state index in [1.165, 1.54) is 0 Å². The summed E-state index contributed by atoms with van der Waals surface area (Å²) in [5.74, 6) is 0.213. The van der Waals surface area contributed by atoms with E-state index in [-0.39, 0.29) is 11.7 Å². The predicted octanol–water partition coefficient (Wildman–Crippen LogP) is 3.17. The van der Waals surface area contributed by atoms with Crippen molar-refractivity contribution in [3.05, 3.63) is 0 Å². The van der Waals surface area contributed by atoms with Crippen LogP contribution in [0.4, 0.5) is 0 Å². The average molecular weight is 230 g/mol. The molecule has 0 atom stereocenters. The quantitative estimate of drug-likeness (QED) is 0.541. The van der Waals surface area contributed by atoms with Gasteiger partial charge in [0.15, 0.2) is 5.78 Å². The van der Waals surface area contributed by atoms with Crippen LogP contribution < -0.4 is 0 Å². The molecule has 0 bridgehead atoms. The summed E-state index contributed by atoms with van der Waals surface area (Å²) >= 11 is 0. The van der Waals surface area contributed by atoms with E-state index in [0.717, 1.165) is 25.7 Å². The second-order valence-corrected chi connectivity index (χ2v) is 3.92. The zero-order valence-corrected chi connectivity index (χ0v) is 11.1. The van der Waals surface area contributed by atoms with E-state index in [1.807, 2.05) is 13.8 Å². The van der Waals surface area contributed by atoms with E-state index in [4.69, 9.17) is 9.47 Å². The lowest BCUT2D eigenvalue weighted by Crippen LogP contribution is -2.33. The average Bonchev–Trinajstić information content (AvgIpc) is 2.27. The highest BCUT2D eigenvalue weighted by molar-refractivity contribution is 5.84. The second kappa shape index (κ2) is 9.79. The normalized spacial score (nSPS) is 11.4. The third-order valence-electron chi connectivity index (χ3n) is 2.55. The van der Waals surface area contributed by atoms with Crippen molar-refractivity contribution in [1.29, 1.82) is 0 Å². The van der Waals surface area contributed by atoms with Crippen LogP contribution in [0.25, 0.3) is 0 Å². The van der Waals surface area contributed by atoms with Crippen LogP contribution in [0.15, 0.2) is 0 Å². The molecule has 0 saturated heterocycles. The first-order chi connectivity index (χ1) is 7.71. The van der Waals surface area contributed by atoms with Crippen molar-refractivity contribution < 1.29 is 14.3 Å². The van der Waals surface area contributed by atoms with Crippen LogP contribution >= 0.6 is 0 Å². The molecule has 0 N–H and O–H groups in total. The lowest BCUT2D eigenvalue weighted by molar-refractivity contribution is -0.172. The maximum atomic E-state index is 12.2. The van der Waals surface area contributed by atoms with Crippen molar-refractivity contribution in [3.8, 4) is 0 Å². The number of carbonyl (C=O) groups is 1. The van der Waals surface area contributed by atoms with Gasteiger partial charge in [0.1, 0.15) is 0 Å². The van der Waals surface area contributed by atoms with E-state index >= 15 is 0 Å². The zero-order chi connectivity index (χ0) is 12.4. The number of ether oxygens (including phenoxy) is 2. The number of ketones is 1. The van der Waals surface area contributed by atoms with Crippen molar-refractivity contribution in [2.24, 2.45) is 5.92 Å². The highest BCUT2D eigenvalue weighted by atomic mass is 16.7. The van der Waals surface area contributed by atoms with Crippen LogP contribution in [-0.2, 0) is 14.3 Å². The topological polar surface area (TPSA) is 35.5 Å². The third kappa shape index (κ3) is 5.61. The van der Waals surface area contributed by atoms with Gasteiger partial charge in [-0.05, 0) is 26.7 Å². The molecule has 16 heavy (non-hydrogen) atoms. The summed E-state index contributed by atoms with van der Waals surface area (Å²) in [5, 5.41) is 0. The molecule has 0 spiro atoms. The first-order valence-electron chi connectivity index (χ1n) is 6.48. The molecule has 0 aliphatic carbocycles. The third-order valence-corrected chi connectivity index (χ3v) is 2.55. The van der Waals surface area contributed by atoms with Gasteiger partial charge in [-0.3, -0.25) is 4.79 Å². The number of carbonyl (C=O) groups excluding carboxylic acids is 1. The van der Waals surface area contributed by atoms with Crippen LogP contribution in [0.3, 0.4) is 0 Å². The minimum Gasteiger partial charge on any atom is -0.346 e. The number of hydrogen-bond donors (Lipinski definition) is 0. The molecular weight excluding hydrogens is 204 g/mol. The van der Waals surface area contributed by atoms with Gasteiger partial charge in [0, 0.05) is 19.1 Å². The van der Waals surface area contributed by atoms with Gasteiger partial charge in [0.25, 0.3) is 0 Å². The summed E-state index contributed by atoms with van der Waals surface area (Å²) in [4.78, 5) is 12.2. The molecule has 3 nitrogen and oxygen atoms in total. The van der Waals surface area contributed by atoms with Crippen molar-refractivity contribution in [1.82, 2.24) is 0 Å². The van der Waals surface area contributed by atoms with E-state index in [0.29, 0.717) is 13.2 Å². The standard InChI is InChI=1S/C13H26O3/c1-5-9-11(10-6-2)12(14)13(15-7-3)16-8-4/h11,13H,5-10H2,1-4H3. The molecule has 0 aromatic carbocycles. The molecule has 0 heterocycles. The van der Waals surface area contributed by atoms with Crippen molar-refractivity contribution >= 4 is 5.78 Å². The summed E-state index contributed by atoms with van der Waals surface area (Å²) in [6, 6.07) is 0. The predicted molar refractivity (Wildman–Crippen MR) is 65.4 cm³/mol. The van der Waals surface area contributed by atoms with Gasteiger partial charge < -0.3 is 9.47 Å². The molecule has 0 unspecified atom stereocenters. The molecule has 0 amide bonds. The van der Waals surface area contributed by atoms with Crippen molar-refractivity contribution in [3.63, 3.8) is 0 Å². The maximum Gasteiger partial charge on any atom is 0.218 e. The first-order valence-corrected chi connectivity index (χ1v) is 6.48. The molecule has 0 aliphatic heterocycles. The fraction of sp³-hybridized carbons (Fsp3) is 0.923. The first kappa shape index (κ1) is 15.6. The Morgan fingerprint density at radius 3 is 1.69 bits per heavy atom. The summed E-state index contributed by atoms with van der Waals surface area (Å²) in [5.41, 5.74) is 0. The van der Waals surface area contributed by atoms with Crippen LogP contribution in [0.2, 0.25) is 0 Å². The molecular formula is C13H26O3. The Balaban J connectivity index is 4.38. The largest absolute Gasteiger partial charge is 0.346 e. The Morgan fingerprint density at radius 1 is 0.938 bits per heavy atom. The molecule has 0 rings (SSSR count). The second-order valence-electron chi connectivity index (χ2n) is 3.92. The lowest BCUT2D eigenvalue weighted by atomic mass is 9.93. The molecule has 0 saturated carbocycles. The SMILES string of the molecule is CCCC(CCC)C(=O)C(OCC)OCC. The van der Waals surface area contributed by atoms with Gasteiger partial charge in [-0.1, -0.05) is 26.7 Å². The zero-order valence-electron chi connectivity index (χ0n) is 11.1. The van der Waals surface area contributed by atoms with Gasteiger partial charge in [0.05, 0.1) is 0 Å². The van der Waals surface area contributed by atoms with Crippen LogP contribution in [0.1, 0.15) is 53.4 Å². The monoisotopic (exact) mass is 230 g/mol. The van der Waals surface area contributed by atoms with Crippen LogP contribution in [0, 0.1) is 5.92 Å². The molecule has 0 radical (unpaired) electrons. The van der Waals surface area contributed by atoms with Crippen LogP contribution in [0.5, 0.6) is 0 Å². The molecule has 0 aromatic heterocycles. The summed E-state index contributed by atoms with van der Waals surface area (Å²) in [7, 11) is 0. The van der Waals surface area contributed by atoms with Gasteiger partial charge in [-0.15, -0.1) is 0 Å². The maximum absolute atomic E-state index is 12.2. The van der Waals surface area contributed by atoms with Crippen molar-refractivity contribution in [2.45, 2.75) is 59.7 Å². The smallest absolute Gasteiger partial charge is 0.218 e. The van der Waals surface area contributed by atoms with E-state index in [1.54, 1.807) is 0 Å². The van der Waals surface area contributed by atoms with E-state index in [9.17, 15) is 4.79 Å². The van der Waals surface area contributed by atoms with Crippen LogP contribution in [-0.4, -0.2) is 25.3 Å². The Labute approximate surface area is 99.5 Å². The van der Waals surface area contributed by atoms with Gasteiger partial charge in [0.2, 0.25) is 6.29 Å². The number of Topliss-reactive ketones (excluding diaryl/α,β-unsaturated/α-hetero) is 1. The number of hydrogen-bond acceptors (Lipinski definition) is 3. The highest BCUT2D eigenvalue weighted by Crippen LogP contribution is 2.18. The summed E-state index contributed by atoms with van der Waals surface area (Å²) < 4.78 is 10.7. The molecule has 96 valence electrons. The lowest BCUT2D eigenvalue weighted by Gasteiger charge is -2.21. The minimum atomic E-state index is -0.655. The van der Waals surface area contributed by atoms with E-state index < -0.39 is 6.29 Å². The molecule has 0 fully saturated rings. The minimum absolute atomic E-state index is 0.0955. The Kier molecular flexibility index (Phi) is 9.54. The molecule has 0 aromatic rings. The Hall–Kier alpha value is -0.410. The molecule has 0 aliphatic rings. The number of rotatable bonds is 10. The highest BCUT2D eigenvalue weighted by Gasteiger charge is 2.26.